The average Bonchev–Trinajstić information content (AvgIpc) is 2.49. The Kier molecular flexibility index (Phi) is 5.72. The molecule has 2 atom stereocenters. The predicted octanol–water partition coefficient (Wildman–Crippen LogP) is 3.84. The van der Waals surface area contributed by atoms with Gasteiger partial charge in [-0.1, -0.05) is 25.8 Å². The Morgan fingerprint density at radius 2 is 1.80 bits per heavy atom. The van der Waals surface area contributed by atoms with E-state index in [2.05, 4.69) is 13.0 Å². The van der Waals surface area contributed by atoms with E-state index in [0.717, 1.165) is 24.5 Å². The summed E-state index contributed by atoms with van der Waals surface area (Å²) in [6.07, 6.45) is 6.56. The summed E-state index contributed by atoms with van der Waals surface area (Å²) in [5.41, 5.74) is 1.23. The molecule has 0 heterocycles. The molecule has 2 rings (SSSR count). The molecule has 0 spiro atoms. The monoisotopic (exact) mass is 278 g/mol. The van der Waals surface area contributed by atoms with E-state index in [1.165, 1.54) is 31.2 Å². The van der Waals surface area contributed by atoms with Crippen molar-refractivity contribution in [2.45, 2.75) is 45.1 Å². The molecule has 3 nitrogen and oxygen atoms in total. The van der Waals surface area contributed by atoms with Crippen LogP contribution in [0.5, 0.6) is 11.5 Å². The van der Waals surface area contributed by atoms with Crippen molar-refractivity contribution in [1.82, 2.24) is 0 Å². The van der Waals surface area contributed by atoms with Crippen molar-refractivity contribution in [3.63, 3.8) is 0 Å². The van der Waals surface area contributed by atoms with Crippen LogP contribution in [0.4, 0.5) is 0 Å². The zero-order chi connectivity index (χ0) is 14.4. The zero-order valence-electron chi connectivity index (χ0n) is 12.9. The van der Waals surface area contributed by atoms with Crippen LogP contribution in [0.15, 0.2) is 18.2 Å². The maximum atomic E-state index is 6.06. The highest BCUT2D eigenvalue weighted by molar-refractivity contribution is 5.42. The second-order valence-electron chi connectivity index (χ2n) is 5.61. The van der Waals surface area contributed by atoms with Crippen LogP contribution in [0.2, 0.25) is 0 Å². The molecule has 0 radical (unpaired) electrons. The third kappa shape index (κ3) is 3.89. The molecule has 0 saturated heterocycles. The predicted molar refractivity (Wildman–Crippen MR) is 80.6 cm³/mol. The molecule has 0 bridgehead atoms. The van der Waals surface area contributed by atoms with E-state index < -0.39 is 0 Å². The Hall–Kier alpha value is -1.22. The van der Waals surface area contributed by atoms with Gasteiger partial charge in [0.1, 0.15) is 0 Å². The van der Waals surface area contributed by atoms with Gasteiger partial charge in [-0.3, -0.25) is 0 Å². The molecule has 0 N–H and O–H groups in total. The van der Waals surface area contributed by atoms with Gasteiger partial charge in [-0.05, 0) is 42.9 Å². The fourth-order valence-corrected chi connectivity index (χ4v) is 2.89. The Morgan fingerprint density at radius 1 is 1.05 bits per heavy atom. The van der Waals surface area contributed by atoms with Crippen LogP contribution in [0, 0.1) is 5.92 Å². The van der Waals surface area contributed by atoms with Gasteiger partial charge >= 0.3 is 0 Å². The molecular weight excluding hydrogens is 252 g/mol. The summed E-state index contributed by atoms with van der Waals surface area (Å²) in [4.78, 5) is 0. The van der Waals surface area contributed by atoms with Crippen molar-refractivity contribution in [3.05, 3.63) is 23.8 Å². The van der Waals surface area contributed by atoms with Crippen molar-refractivity contribution in [2.75, 3.05) is 20.8 Å². The summed E-state index contributed by atoms with van der Waals surface area (Å²) in [6.45, 7) is 3.09. The first-order chi connectivity index (χ1) is 9.74. The minimum Gasteiger partial charge on any atom is -0.493 e. The molecule has 1 fully saturated rings. The maximum Gasteiger partial charge on any atom is 0.160 e. The third-order valence-electron chi connectivity index (χ3n) is 4.20. The van der Waals surface area contributed by atoms with Crippen molar-refractivity contribution in [3.8, 4) is 11.5 Å². The number of benzene rings is 1. The lowest BCUT2D eigenvalue weighted by atomic mass is 9.88. The minimum atomic E-state index is 0.448. The van der Waals surface area contributed by atoms with E-state index in [4.69, 9.17) is 14.2 Å². The fraction of sp³-hybridized carbons (Fsp3) is 0.647. The number of ether oxygens (including phenoxy) is 3. The molecule has 1 aliphatic carbocycles. The molecule has 0 amide bonds. The normalized spacial score (nSPS) is 22.6. The Balaban J connectivity index is 1.84. The lowest BCUT2D eigenvalue weighted by Gasteiger charge is -2.28. The lowest BCUT2D eigenvalue weighted by molar-refractivity contribution is -0.00334. The standard InChI is InChI=1S/C17H26O3/c1-13-6-4-5-7-15(13)20-11-10-14-8-9-16(18-2)17(12-14)19-3/h8-9,12-13,15H,4-7,10-11H2,1-3H3/t13-,15-/m1/s1. The van der Waals surface area contributed by atoms with Gasteiger partial charge in [-0.15, -0.1) is 0 Å². The van der Waals surface area contributed by atoms with E-state index >= 15 is 0 Å². The number of hydrogen-bond acceptors (Lipinski definition) is 3. The molecule has 112 valence electrons. The van der Waals surface area contributed by atoms with Crippen LogP contribution in [-0.2, 0) is 11.2 Å². The minimum absolute atomic E-state index is 0.448. The summed E-state index contributed by atoms with van der Waals surface area (Å²) in [5.74, 6) is 2.27. The first kappa shape index (κ1) is 15.2. The van der Waals surface area contributed by atoms with E-state index in [1.54, 1.807) is 14.2 Å². The maximum absolute atomic E-state index is 6.06. The van der Waals surface area contributed by atoms with Gasteiger partial charge in [0.15, 0.2) is 11.5 Å². The molecule has 3 heteroatoms. The van der Waals surface area contributed by atoms with Gasteiger partial charge in [0, 0.05) is 0 Å². The summed E-state index contributed by atoms with van der Waals surface area (Å²) >= 11 is 0. The smallest absolute Gasteiger partial charge is 0.160 e. The Labute approximate surface area is 122 Å². The summed E-state index contributed by atoms with van der Waals surface area (Å²) in [7, 11) is 3.33. The molecule has 1 aromatic carbocycles. The van der Waals surface area contributed by atoms with Gasteiger partial charge in [0.2, 0.25) is 0 Å². The summed E-state index contributed by atoms with van der Waals surface area (Å²) in [5, 5.41) is 0. The average molecular weight is 278 g/mol. The second-order valence-corrected chi connectivity index (χ2v) is 5.61. The zero-order valence-corrected chi connectivity index (χ0v) is 12.9. The molecule has 1 aliphatic rings. The molecule has 0 aliphatic heterocycles. The third-order valence-corrected chi connectivity index (χ3v) is 4.20. The quantitative estimate of drug-likeness (QED) is 0.791. The van der Waals surface area contributed by atoms with E-state index in [-0.39, 0.29) is 0 Å². The number of methoxy groups -OCH3 is 2. The Bertz CT molecular complexity index is 417. The molecule has 1 saturated carbocycles. The van der Waals surface area contributed by atoms with Crippen molar-refractivity contribution < 1.29 is 14.2 Å². The second kappa shape index (κ2) is 7.53. The van der Waals surface area contributed by atoms with Crippen LogP contribution >= 0.6 is 0 Å². The lowest BCUT2D eigenvalue weighted by Crippen LogP contribution is -2.26. The Morgan fingerprint density at radius 3 is 2.50 bits per heavy atom. The van der Waals surface area contributed by atoms with Crippen molar-refractivity contribution in [1.29, 1.82) is 0 Å². The van der Waals surface area contributed by atoms with Crippen LogP contribution in [0.3, 0.4) is 0 Å². The van der Waals surface area contributed by atoms with E-state index in [9.17, 15) is 0 Å². The molecule has 1 aromatic rings. The van der Waals surface area contributed by atoms with Crippen LogP contribution in [0.25, 0.3) is 0 Å². The van der Waals surface area contributed by atoms with Crippen LogP contribution in [0.1, 0.15) is 38.2 Å². The van der Waals surface area contributed by atoms with E-state index in [0.29, 0.717) is 12.0 Å². The van der Waals surface area contributed by atoms with Crippen LogP contribution in [-0.4, -0.2) is 26.9 Å². The summed E-state index contributed by atoms with van der Waals surface area (Å²) < 4.78 is 16.6. The van der Waals surface area contributed by atoms with E-state index in [1.807, 2.05) is 12.1 Å². The topological polar surface area (TPSA) is 27.7 Å². The van der Waals surface area contributed by atoms with Gasteiger partial charge in [0.05, 0.1) is 26.9 Å². The van der Waals surface area contributed by atoms with Crippen molar-refractivity contribution >= 4 is 0 Å². The fourth-order valence-electron chi connectivity index (χ4n) is 2.89. The van der Waals surface area contributed by atoms with Crippen LogP contribution < -0.4 is 9.47 Å². The van der Waals surface area contributed by atoms with Gasteiger partial charge in [0.25, 0.3) is 0 Å². The van der Waals surface area contributed by atoms with Gasteiger partial charge < -0.3 is 14.2 Å². The highest BCUT2D eigenvalue weighted by Crippen LogP contribution is 2.29. The van der Waals surface area contributed by atoms with Gasteiger partial charge in [-0.2, -0.15) is 0 Å². The molecule has 0 unspecified atom stereocenters. The highest BCUT2D eigenvalue weighted by atomic mass is 16.5. The SMILES string of the molecule is COc1ccc(CCO[C@@H]2CCCC[C@H]2C)cc1OC. The number of rotatable bonds is 6. The molecule has 20 heavy (non-hydrogen) atoms. The first-order valence-electron chi connectivity index (χ1n) is 7.57. The molecule has 0 aromatic heterocycles. The first-order valence-corrected chi connectivity index (χ1v) is 7.57. The van der Waals surface area contributed by atoms with Gasteiger partial charge in [-0.25, -0.2) is 0 Å². The number of hydrogen-bond donors (Lipinski definition) is 0. The largest absolute Gasteiger partial charge is 0.493 e. The summed E-state index contributed by atoms with van der Waals surface area (Å²) in [6, 6.07) is 6.07. The molecular formula is C17H26O3. The highest BCUT2D eigenvalue weighted by Gasteiger charge is 2.21. The van der Waals surface area contributed by atoms with Crippen molar-refractivity contribution in [2.24, 2.45) is 5.92 Å².